The second-order valence-electron chi connectivity index (χ2n) is 4.04. The van der Waals surface area contributed by atoms with Gasteiger partial charge in [-0.05, 0) is 0 Å². The van der Waals surface area contributed by atoms with E-state index in [2.05, 4.69) is 0 Å². The van der Waals surface area contributed by atoms with Gasteiger partial charge in [0.2, 0.25) is 0 Å². The van der Waals surface area contributed by atoms with Crippen LogP contribution in [-0.2, 0) is 9.47 Å². The Morgan fingerprint density at radius 3 is 2.73 bits per heavy atom. The maximum absolute atomic E-state index is 13.0. The maximum atomic E-state index is 13.0. The van der Waals surface area contributed by atoms with Crippen LogP contribution >= 0.6 is 0 Å². The van der Waals surface area contributed by atoms with Gasteiger partial charge in [-0.1, -0.05) is 24.3 Å². The second-order valence-corrected chi connectivity index (χ2v) is 4.04. The molecule has 2 nitrogen and oxygen atoms in total. The fraction of sp³-hybridized carbons (Fsp3) is 0.600. The Morgan fingerprint density at radius 2 is 2.00 bits per heavy atom. The summed E-state index contributed by atoms with van der Waals surface area (Å²) in [5, 5.41) is 0. The molecule has 2 aliphatic carbocycles. The van der Waals surface area contributed by atoms with E-state index in [9.17, 15) is 13.2 Å². The van der Waals surface area contributed by atoms with Crippen LogP contribution in [0.1, 0.15) is 0 Å². The predicted octanol–water partition coefficient (Wildman–Crippen LogP) is 2.03. The minimum Gasteiger partial charge on any atom is -0.349 e. The zero-order valence-electron chi connectivity index (χ0n) is 7.70. The molecule has 15 heavy (non-hydrogen) atoms. The van der Waals surface area contributed by atoms with Crippen LogP contribution in [0.2, 0.25) is 0 Å². The van der Waals surface area contributed by atoms with Crippen LogP contribution in [-0.4, -0.2) is 25.2 Å². The Balaban J connectivity index is 2.05. The topological polar surface area (TPSA) is 18.5 Å². The molecule has 1 heterocycles. The van der Waals surface area contributed by atoms with Crippen LogP contribution in [0.4, 0.5) is 13.2 Å². The average Bonchev–Trinajstić information content (AvgIpc) is 2.56. The summed E-state index contributed by atoms with van der Waals surface area (Å²) >= 11 is 0. The Morgan fingerprint density at radius 1 is 1.20 bits per heavy atom. The molecule has 3 aliphatic rings. The minimum absolute atomic E-state index is 0.0364. The summed E-state index contributed by atoms with van der Waals surface area (Å²) in [5.74, 6) is -0.630. The largest absolute Gasteiger partial charge is 0.401 e. The third-order valence-corrected chi connectivity index (χ3v) is 3.48. The molecule has 0 aromatic carbocycles. The smallest absolute Gasteiger partial charge is 0.349 e. The molecule has 0 amide bonds. The number of rotatable bonds is 0. The molecule has 82 valence electrons. The van der Waals surface area contributed by atoms with Gasteiger partial charge in [-0.2, -0.15) is 13.2 Å². The van der Waals surface area contributed by atoms with Gasteiger partial charge in [-0.25, -0.2) is 0 Å². The van der Waals surface area contributed by atoms with Gasteiger partial charge in [0.15, 0.2) is 0 Å². The van der Waals surface area contributed by atoms with Gasteiger partial charge in [0.1, 0.15) is 18.3 Å². The van der Waals surface area contributed by atoms with Crippen molar-refractivity contribution >= 4 is 0 Å². The molecule has 0 bridgehead atoms. The summed E-state index contributed by atoms with van der Waals surface area (Å²) in [6.07, 6.45) is 0.232. The minimum atomic E-state index is -4.28. The van der Waals surface area contributed by atoms with E-state index in [1.54, 1.807) is 12.2 Å². The van der Waals surface area contributed by atoms with Crippen molar-refractivity contribution in [1.82, 2.24) is 0 Å². The summed E-state index contributed by atoms with van der Waals surface area (Å²) in [6, 6.07) is 0. The molecule has 1 saturated carbocycles. The lowest BCUT2D eigenvalue weighted by molar-refractivity contribution is -0.294. The first-order valence-electron chi connectivity index (χ1n) is 4.73. The van der Waals surface area contributed by atoms with Gasteiger partial charge in [-0.3, -0.25) is 0 Å². The molecule has 0 unspecified atom stereocenters. The van der Waals surface area contributed by atoms with E-state index in [1.165, 1.54) is 12.2 Å². The van der Waals surface area contributed by atoms with Crippen molar-refractivity contribution in [1.29, 1.82) is 0 Å². The van der Waals surface area contributed by atoms with Gasteiger partial charge in [-0.15, -0.1) is 0 Å². The summed E-state index contributed by atoms with van der Waals surface area (Å²) in [4.78, 5) is 0. The Hall–Kier alpha value is -0.810. The van der Waals surface area contributed by atoms with E-state index >= 15 is 0 Å². The van der Waals surface area contributed by atoms with Crippen molar-refractivity contribution in [2.24, 2.45) is 11.3 Å². The first-order valence-corrected chi connectivity index (χ1v) is 4.73. The Bertz CT molecular complexity index is 347. The molecule has 0 radical (unpaired) electrons. The molecule has 1 saturated heterocycles. The maximum Gasteiger partial charge on any atom is 0.401 e. The van der Waals surface area contributed by atoms with E-state index in [0.717, 1.165) is 0 Å². The second kappa shape index (κ2) is 2.65. The van der Waals surface area contributed by atoms with E-state index in [1.807, 2.05) is 0 Å². The number of alkyl halides is 3. The zero-order chi connectivity index (χ0) is 10.7. The van der Waals surface area contributed by atoms with Crippen LogP contribution in [0.15, 0.2) is 24.3 Å². The lowest BCUT2D eigenvalue weighted by Crippen LogP contribution is -2.68. The van der Waals surface area contributed by atoms with Gasteiger partial charge in [0.05, 0.1) is 6.10 Å². The molecule has 0 aromatic rings. The highest BCUT2D eigenvalue weighted by Crippen LogP contribution is 2.63. The standard InChI is InChI=1S/C10H9F3O2/c11-10(12,13)9-4-2-1-3-6(9)7-8(9)15-5-14-7/h1-4,6-8H,5H2/t6-,7-,8-,9+/m0/s1. The third kappa shape index (κ3) is 0.928. The van der Waals surface area contributed by atoms with Crippen molar-refractivity contribution in [3.63, 3.8) is 0 Å². The number of fused-ring (bicyclic) bond motifs is 4. The predicted molar refractivity (Wildman–Crippen MR) is 44.9 cm³/mol. The zero-order valence-corrected chi connectivity index (χ0v) is 7.70. The molecule has 0 aromatic heterocycles. The summed E-state index contributed by atoms with van der Waals surface area (Å²) < 4.78 is 49.3. The molecule has 5 heteroatoms. The van der Waals surface area contributed by atoms with Crippen molar-refractivity contribution < 1.29 is 22.6 Å². The van der Waals surface area contributed by atoms with Gasteiger partial charge >= 0.3 is 6.18 Å². The molecule has 4 atom stereocenters. The molecular weight excluding hydrogens is 209 g/mol. The van der Waals surface area contributed by atoms with E-state index < -0.39 is 29.7 Å². The summed E-state index contributed by atoms with van der Waals surface area (Å²) in [7, 11) is 0. The first kappa shape index (κ1) is 9.42. The molecule has 0 N–H and O–H groups in total. The normalized spacial score (nSPS) is 47.3. The average molecular weight is 218 g/mol. The summed E-state index contributed by atoms with van der Waals surface area (Å²) in [6.45, 7) is -0.0364. The van der Waals surface area contributed by atoms with Crippen molar-refractivity contribution in [3.8, 4) is 0 Å². The Kier molecular flexibility index (Phi) is 1.66. The van der Waals surface area contributed by atoms with Crippen molar-refractivity contribution in [2.45, 2.75) is 18.4 Å². The van der Waals surface area contributed by atoms with Crippen molar-refractivity contribution in [2.75, 3.05) is 6.79 Å². The van der Waals surface area contributed by atoms with Gasteiger partial charge in [0.25, 0.3) is 0 Å². The molecule has 2 fully saturated rings. The molecular formula is C10H9F3O2. The van der Waals surface area contributed by atoms with Crippen LogP contribution in [0.3, 0.4) is 0 Å². The molecule has 1 aliphatic heterocycles. The monoisotopic (exact) mass is 218 g/mol. The molecule has 3 rings (SSSR count). The number of hydrogen-bond donors (Lipinski definition) is 0. The fourth-order valence-corrected chi connectivity index (χ4v) is 2.74. The van der Waals surface area contributed by atoms with E-state index in [-0.39, 0.29) is 6.79 Å². The van der Waals surface area contributed by atoms with Gasteiger partial charge < -0.3 is 9.47 Å². The number of ether oxygens (including phenoxy) is 2. The lowest BCUT2D eigenvalue weighted by Gasteiger charge is -2.55. The van der Waals surface area contributed by atoms with Crippen molar-refractivity contribution in [3.05, 3.63) is 24.3 Å². The number of allylic oxidation sites excluding steroid dienone is 2. The van der Waals surface area contributed by atoms with Crippen LogP contribution in [0.5, 0.6) is 0 Å². The number of halogens is 3. The van der Waals surface area contributed by atoms with E-state index in [4.69, 9.17) is 9.47 Å². The summed E-state index contributed by atoms with van der Waals surface area (Å²) in [5.41, 5.74) is -1.86. The highest BCUT2D eigenvalue weighted by Gasteiger charge is 2.75. The first-order chi connectivity index (χ1) is 7.07. The quantitative estimate of drug-likeness (QED) is 0.619. The van der Waals surface area contributed by atoms with Crippen LogP contribution in [0.25, 0.3) is 0 Å². The van der Waals surface area contributed by atoms with E-state index in [0.29, 0.717) is 0 Å². The Labute approximate surface area is 84.4 Å². The van der Waals surface area contributed by atoms with Gasteiger partial charge in [0, 0.05) is 5.92 Å². The van der Waals surface area contributed by atoms with Crippen LogP contribution < -0.4 is 0 Å². The number of hydrogen-bond acceptors (Lipinski definition) is 2. The van der Waals surface area contributed by atoms with Crippen LogP contribution in [0, 0.1) is 11.3 Å². The third-order valence-electron chi connectivity index (χ3n) is 3.48. The lowest BCUT2D eigenvalue weighted by atomic mass is 9.54. The highest BCUT2D eigenvalue weighted by molar-refractivity contribution is 5.33. The highest BCUT2D eigenvalue weighted by atomic mass is 19.4. The SMILES string of the molecule is FC(F)(F)[C@]12C=CC=C[C@H]1[C@@H]1OCO[C@@H]12. The fourth-order valence-electron chi connectivity index (χ4n) is 2.74. The molecule has 0 spiro atoms.